The lowest BCUT2D eigenvalue weighted by Crippen LogP contribution is -2.21. The number of amides is 2. The van der Waals surface area contributed by atoms with Crippen LogP contribution in [0.2, 0.25) is 0 Å². The highest BCUT2D eigenvalue weighted by molar-refractivity contribution is 8.01. The van der Waals surface area contributed by atoms with Crippen LogP contribution in [0.15, 0.2) is 18.2 Å². The van der Waals surface area contributed by atoms with Crippen LogP contribution in [-0.4, -0.2) is 29.4 Å². The van der Waals surface area contributed by atoms with Crippen LogP contribution in [0.25, 0.3) is 0 Å². The van der Waals surface area contributed by atoms with Gasteiger partial charge in [-0.25, -0.2) is 0 Å². The highest BCUT2D eigenvalue weighted by Gasteiger charge is 2.14. The van der Waals surface area contributed by atoms with E-state index in [0.29, 0.717) is 17.0 Å². The molecule has 0 aliphatic carbocycles. The van der Waals surface area contributed by atoms with E-state index in [0.717, 1.165) is 5.56 Å². The Labute approximate surface area is 124 Å². The fourth-order valence-corrected chi connectivity index (χ4v) is 2.15. The first-order chi connectivity index (χ1) is 9.23. The monoisotopic (exact) mass is 294 g/mol. The molecule has 0 aromatic heterocycles. The molecule has 0 fully saturated rings. The van der Waals surface area contributed by atoms with Gasteiger partial charge < -0.3 is 10.6 Å². The van der Waals surface area contributed by atoms with Crippen LogP contribution in [-0.2, 0) is 4.79 Å². The van der Waals surface area contributed by atoms with Gasteiger partial charge in [-0.2, -0.15) is 0 Å². The minimum Gasteiger partial charge on any atom is -0.355 e. The molecule has 2 N–H and O–H groups in total. The summed E-state index contributed by atoms with van der Waals surface area (Å²) < 4.78 is 0.0519. The van der Waals surface area contributed by atoms with Crippen molar-refractivity contribution in [1.29, 1.82) is 0 Å². The minimum atomic E-state index is -0.162. The van der Waals surface area contributed by atoms with E-state index in [9.17, 15) is 9.59 Å². The average molecular weight is 294 g/mol. The van der Waals surface area contributed by atoms with Gasteiger partial charge in [0.05, 0.1) is 5.75 Å². The number of nitrogens with one attached hydrogen (secondary N) is 2. The van der Waals surface area contributed by atoms with Gasteiger partial charge in [-0.1, -0.05) is 26.8 Å². The average Bonchev–Trinajstić information content (AvgIpc) is 2.37. The molecule has 0 aliphatic rings. The van der Waals surface area contributed by atoms with E-state index >= 15 is 0 Å². The summed E-state index contributed by atoms with van der Waals surface area (Å²) in [5, 5.41) is 5.43. The molecule has 0 spiro atoms. The standard InChI is InChI=1S/C15H22N2O2S/c1-10-6-7-11(14(19)16-5)8-12(10)17-13(18)9-20-15(2,3)4/h6-8H,9H2,1-5H3,(H,16,19)(H,17,18). The SMILES string of the molecule is CNC(=O)c1ccc(C)c(NC(=O)CSC(C)(C)C)c1. The fraction of sp³-hybridized carbons (Fsp3) is 0.467. The number of benzene rings is 1. The van der Waals surface area contributed by atoms with Crippen molar-refractivity contribution >= 4 is 29.3 Å². The Bertz CT molecular complexity index is 507. The Morgan fingerprint density at radius 1 is 1.25 bits per heavy atom. The molecule has 20 heavy (non-hydrogen) atoms. The van der Waals surface area contributed by atoms with Crippen LogP contribution in [0.3, 0.4) is 0 Å². The smallest absolute Gasteiger partial charge is 0.251 e. The zero-order valence-electron chi connectivity index (χ0n) is 12.7. The molecule has 0 aliphatic heterocycles. The molecular weight excluding hydrogens is 272 g/mol. The maximum Gasteiger partial charge on any atom is 0.251 e. The lowest BCUT2D eigenvalue weighted by atomic mass is 10.1. The normalized spacial score (nSPS) is 11.1. The zero-order valence-corrected chi connectivity index (χ0v) is 13.5. The molecule has 0 radical (unpaired) electrons. The van der Waals surface area contributed by atoms with E-state index in [2.05, 4.69) is 31.4 Å². The van der Waals surface area contributed by atoms with Crippen LogP contribution in [0.1, 0.15) is 36.7 Å². The van der Waals surface area contributed by atoms with Crippen LogP contribution in [0.5, 0.6) is 0 Å². The molecule has 0 saturated heterocycles. The molecule has 1 aromatic carbocycles. The predicted molar refractivity (Wildman–Crippen MR) is 85.4 cm³/mol. The second-order valence-electron chi connectivity index (χ2n) is 5.56. The molecule has 0 heterocycles. The first-order valence-electron chi connectivity index (χ1n) is 6.49. The lowest BCUT2D eigenvalue weighted by molar-refractivity contribution is -0.113. The van der Waals surface area contributed by atoms with Crippen molar-refractivity contribution in [2.24, 2.45) is 0 Å². The van der Waals surface area contributed by atoms with Gasteiger partial charge >= 0.3 is 0 Å². The number of rotatable bonds is 4. The molecule has 1 aromatic rings. The molecule has 5 heteroatoms. The van der Waals surface area contributed by atoms with Crippen molar-refractivity contribution in [2.75, 3.05) is 18.1 Å². The van der Waals surface area contributed by atoms with E-state index < -0.39 is 0 Å². The summed E-state index contributed by atoms with van der Waals surface area (Å²) in [6, 6.07) is 5.28. The first-order valence-corrected chi connectivity index (χ1v) is 7.48. The van der Waals surface area contributed by atoms with Crippen LogP contribution < -0.4 is 10.6 Å². The van der Waals surface area contributed by atoms with Gasteiger partial charge in [-0.3, -0.25) is 9.59 Å². The summed E-state index contributed by atoms with van der Waals surface area (Å²) in [6.07, 6.45) is 0. The van der Waals surface area contributed by atoms with E-state index in [-0.39, 0.29) is 16.6 Å². The number of thioether (sulfide) groups is 1. The maximum absolute atomic E-state index is 11.9. The highest BCUT2D eigenvalue weighted by atomic mass is 32.2. The third-order valence-corrected chi connectivity index (χ3v) is 3.91. The van der Waals surface area contributed by atoms with E-state index in [4.69, 9.17) is 0 Å². The molecule has 2 amide bonds. The number of carbonyl (C=O) groups excluding carboxylic acids is 2. The second kappa shape index (κ2) is 6.79. The largest absolute Gasteiger partial charge is 0.355 e. The zero-order chi connectivity index (χ0) is 15.3. The van der Waals surface area contributed by atoms with E-state index in [1.54, 1.807) is 30.9 Å². The molecule has 1 rings (SSSR count). The maximum atomic E-state index is 11.9. The third-order valence-electron chi connectivity index (χ3n) is 2.64. The topological polar surface area (TPSA) is 58.2 Å². The van der Waals surface area contributed by atoms with Crippen LogP contribution in [0.4, 0.5) is 5.69 Å². The summed E-state index contributed by atoms with van der Waals surface area (Å²) in [7, 11) is 1.58. The van der Waals surface area contributed by atoms with Crippen molar-refractivity contribution in [3.8, 4) is 0 Å². The lowest BCUT2D eigenvalue weighted by Gasteiger charge is -2.17. The van der Waals surface area contributed by atoms with Gasteiger partial charge in [0, 0.05) is 23.0 Å². The summed E-state index contributed by atoms with van der Waals surface area (Å²) in [5.74, 6) is 0.180. The van der Waals surface area contributed by atoms with Gasteiger partial charge in [0.1, 0.15) is 0 Å². The number of anilines is 1. The van der Waals surface area contributed by atoms with E-state index in [1.807, 2.05) is 13.0 Å². The van der Waals surface area contributed by atoms with Gasteiger partial charge in [0.15, 0.2) is 0 Å². The van der Waals surface area contributed by atoms with Crippen molar-refractivity contribution in [3.63, 3.8) is 0 Å². The number of hydrogen-bond acceptors (Lipinski definition) is 3. The van der Waals surface area contributed by atoms with Crippen molar-refractivity contribution in [2.45, 2.75) is 32.4 Å². The van der Waals surface area contributed by atoms with Gasteiger partial charge in [0.25, 0.3) is 5.91 Å². The van der Waals surface area contributed by atoms with Crippen LogP contribution in [0, 0.1) is 6.92 Å². The number of aryl methyl sites for hydroxylation is 1. The quantitative estimate of drug-likeness (QED) is 0.897. The van der Waals surface area contributed by atoms with Gasteiger partial charge in [-0.15, -0.1) is 11.8 Å². The summed E-state index contributed by atoms with van der Waals surface area (Å²) in [5.41, 5.74) is 2.16. The van der Waals surface area contributed by atoms with Crippen LogP contribution >= 0.6 is 11.8 Å². The summed E-state index contributed by atoms with van der Waals surface area (Å²) in [6.45, 7) is 8.12. The Hall–Kier alpha value is -1.49. The van der Waals surface area contributed by atoms with Gasteiger partial charge in [-0.05, 0) is 24.6 Å². The second-order valence-corrected chi connectivity index (χ2v) is 7.36. The molecule has 0 atom stereocenters. The van der Waals surface area contributed by atoms with Crippen molar-refractivity contribution < 1.29 is 9.59 Å². The number of hydrogen-bond donors (Lipinski definition) is 2. The number of carbonyl (C=O) groups is 2. The summed E-state index contributed by atoms with van der Waals surface area (Å²) >= 11 is 1.59. The molecule has 0 unspecified atom stereocenters. The highest BCUT2D eigenvalue weighted by Crippen LogP contribution is 2.23. The Kier molecular flexibility index (Phi) is 5.62. The molecule has 110 valence electrons. The summed E-state index contributed by atoms with van der Waals surface area (Å²) in [4.78, 5) is 23.5. The van der Waals surface area contributed by atoms with Crippen molar-refractivity contribution in [1.82, 2.24) is 5.32 Å². The predicted octanol–water partition coefficient (Wildman–Crippen LogP) is 2.82. The Morgan fingerprint density at radius 2 is 1.90 bits per heavy atom. The fourth-order valence-electron chi connectivity index (χ4n) is 1.51. The molecule has 0 bridgehead atoms. The third kappa shape index (κ3) is 5.25. The Balaban J connectivity index is 2.76. The minimum absolute atomic E-state index is 0.0519. The molecule has 4 nitrogen and oxygen atoms in total. The Morgan fingerprint density at radius 3 is 2.45 bits per heavy atom. The molecule has 0 saturated carbocycles. The van der Waals surface area contributed by atoms with Gasteiger partial charge in [0.2, 0.25) is 5.91 Å². The van der Waals surface area contributed by atoms with Crippen molar-refractivity contribution in [3.05, 3.63) is 29.3 Å². The molecular formula is C15H22N2O2S. The van der Waals surface area contributed by atoms with E-state index in [1.165, 1.54) is 0 Å². The first kappa shape index (κ1) is 16.6.